The molecule has 0 bridgehead atoms. The lowest BCUT2D eigenvalue weighted by Gasteiger charge is -2.14. The summed E-state index contributed by atoms with van der Waals surface area (Å²) < 4.78 is 15.8. The Morgan fingerprint density at radius 1 is 0.852 bits per heavy atom. The fraction of sp³-hybridized carbons (Fsp3) is 0.263. The van der Waals surface area contributed by atoms with Gasteiger partial charge in [0, 0.05) is 13.1 Å². The Morgan fingerprint density at radius 3 is 1.81 bits per heavy atom. The molecule has 2 aromatic carbocycles. The number of carbonyl (C=O) groups is 2. The van der Waals surface area contributed by atoms with Crippen LogP contribution in [0.4, 0.5) is 4.79 Å². The van der Waals surface area contributed by atoms with Gasteiger partial charge in [-0.15, -0.1) is 0 Å². The van der Waals surface area contributed by atoms with Crippen LogP contribution in [0.25, 0.3) is 0 Å². The summed E-state index contributed by atoms with van der Waals surface area (Å²) in [6.45, 7) is 0.543. The molecule has 3 N–H and O–H groups in total. The Labute approximate surface area is 157 Å². The summed E-state index contributed by atoms with van der Waals surface area (Å²) in [4.78, 5) is 22.8. The van der Waals surface area contributed by atoms with Crippen molar-refractivity contribution in [2.75, 3.05) is 21.3 Å². The highest BCUT2D eigenvalue weighted by Crippen LogP contribution is 2.38. The average Bonchev–Trinajstić information content (AvgIpc) is 2.69. The van der Waals surface area contributed by atoms with Crippen LogP contribution < -0.4 is 24.8 Å². The number of aromatic carboxylic acids is 1. The van der Waals surface area contributed by atoms with Crippen LogP contribution in [0.5, 0.6) is 17.2 Å². The van der Waals surface area contributed by atoms with Crippen molar-refractivity contribution in [1.29, 1.82) is 0 Å². The van der Waals surface area contributed by atoms with Gasteiger partial charge in [-0.1, -0.05) is 12.1 Å². The van der Waals surface area contributed by atoms with Crippen molar-refractivity contribution in [1.82, 2.24) is 10.6 Å². The van der Waals surface area contributed by atoms with Gasteiger partial charge in [-0.25, -0.2) is 9.59 Å². The lowest BCUT2D eigenvalue weighted by atomic mass is 10.1. The van der Waals surface area contributed by atoms with Crippen molar-refractivity contribution >= 4 is 12.0 Å². The summed E-state index contributed by atoms with van der Waals surface area (Å²) in [5, 5.41) is 14.3. The lowest BCUT2D eigenvalue weighted by Crippen LogP contribution is -2.34. The second-order valence-electron chi connectivity index (χ2n) is 5.57. The number of carboxylic acid groups (broad SMARTS) is 1. The Kier molecular flexibility index (Phi) is 6.87. The molecule has 27 heavy (non-hydrogen) atoms. The standard InChI is InChI=1S/C19H22N2O6/c1-25-15-8-13(9-16(26-2)17(15)27-3)11-21-19(24)20-10-12-4-6-14(7-5-12)18(22)23/h4-9H,10-11H2,1-3H3,(H,22,23)(H2,20,21,24). The van der Waals surface area contributed by atoms with Crippen LogP contribution in [0, 0.1) is 0 Å². The Hall–Kier alpha value is -3.42. The van der Waals surface area contributed by atoms with Crippen LogP contribution in [0.2, 0.25) is 0 Å². The van der Waals surface area contributed by atoms with Gasteiger partial charge in [0.15, 0.2) is 11.5 Å². The third-order valence-electron chi connectivity index (χ3n) is 3.83. The van der Waals surface area contributed by atoms with Crippen molar-refractivity contribution in [3.63, 3.8) is 0 Å². The molecule has 8 nitrogen and oxygen atoms in total. The topological polar surface area (TPSA) is 106 Å². The molecule has 0 aliphatic rings. The van der Waals surface area contributed by atoms with E-state index in [1.807, 2.05) is 0 Å². The first-order valence-corrected chi connectivity index (χ1v) is 8.11. The van der Waals surface area contributed by atoms with Gasteiger partial charge < -0.3 is 30.0 Å². The van der Waals surface area contributed by atoms with Crippen molar-refractivity contribution in [3.8, 4) is 17.2 Å². The van der Waals surface area contributed by atoms with E-state index in [1.165, 1.54) is 33.5 Å². The third-order valence-corrected chi connectivity index (χ3v) is 3.83. The minimum atomic E-state index is -0.988. The van der Waals surface area contributed by atoms with Crippen LogP contribution in [0.1, 0.15) is 21.5 Å². The van der Waals surface area contributed by atoms with E-state index in [0.717, 1.165) is 11.1 Å². The number of carbonyl (C=O) groups excluding carboxylic acids is 1. The van der Waals surface area contributed by atoms with Crippen molar-refractivity contribution < 1.29 is 28.9 Å². The monoisotopic (exact) mass is 374 g/mol. The van der Waals surface area contributed by atoms with Gasteiger partial charge in [0.05, 0.1) is 26.9 Å². The van der Waals surface area contributed by atoms with Crippen LogP contribution in [0.15, 0.2) is 36.4 Å². The van der Waals surface area contributed by atoms with Crippen LogP contribution >= 0.6 is 0 Å². The highest BCUT2D eigenvalue weighted by atomic mass is 16.5. The molecule has 0 atom stereocenters. The molecule has 0 aliphatic heterocycles. The molecule has 2 amide bonds. The first kappa shape index (κ1) is 19.9. The molecule has 0 radical (unpaired) electrons. The summed E-state index contributed by atoms with van der Waals surface area (Å²) >= 11 is 0. The SMILES string of the molecule is COc1cc(CNC(=O)NCc2ccc(C(=O)O)cc2)cc(OC)c1OC. The van der Waals surface area contributed by atoms with E-state index in [2.05, 4.69) is 10.6 Å². The molecule has 0 unspecified atom stereocenters. The Morgan fingerprint density at radius 2 is 1.37 bits per heavy atom. The zero-order valence-electron chi connectivity index (χ0n) is 15.4. The molecule has 0 saturated heterocycles. The summed E-state index contributed by atoms with van der Waals surface area (Å²) in [6.07, 6.45) is 0. The number of hydrogen-bond donors (Lipinski definition) is 3. The Balaban J connectivity index is 1.92. The number of amides is 2. The first-order valence-electron chi connectivity index (χ1n) is 8.11. The van der Waals surface area contributed by atoms with E-state index in [1.54, 1.807) is 24.3 Å². The van der Waals surface area contributed by atoms with E-state index in [0.29, 0.717) is 17.2 Å². The third kappa shape index (κ3) is 5.27. The predicted octanol–water partition coefficient (Wildman–Crippen LogP) is 2.41. The predicted molar refractivity (Wildman–Crippen MR) is 98.6 cm³/mol. The molecular formula is C19H22N2O6. The molecule has 0 aliphatic carbocycles. The molecule has 0 spiro atoms. The van der Waals surface area contributed by atoms with E-state index < -0.39 is 5.97 Å². The quantitative estimate of drug-likeness (QED) is 0.655. The largest absolute Gasteiger partial charge is 0.493 e. The number of methoxy groups -OCH3 is 3. The number of nitrogens with one attached hydrogen (secondary N) is 2. The van der Waals surface area contributed by atoms with Gasteiger partial charge in [0.1, 0.15) is 0 Å². The summed E-state index contributed by atoms with van der Waals surface area (Å²) in [6, 6.07) is 9.45. The maximum absolute atomic E-state index is 12.0. The summed E-state index contributed by atoms with van der Waals surface area (Å²) in [7, 11) is 4.57. The molecule has 8 heteroatoms. The van der Waals surface area contributed by atoms with E-state index in [4.69, 9.17) is 19.3 Å². The van der Waals surface area contributed by atoms with E-state index in [9.17, 15) is 9.59 Å². The van der Waals surface area contributed by atoms with Crippen molar-refractivity contribution in [3.05, 3.63) is 53.1 Å². The highest BCUT2D eigenvalue weighted by Gasteiger charge is 2.13. The summed E-state index contributed by atoms with van der Waals surface area (Å²) in [5.74, 6) is 0.510. The van der Waals surface area contributed by atoms with Gasteiger partial charge in [-0.3, -0.25) is 0 Å². The average molecular weight is 374 g/mol. The maximum Gasteiger partial charge on any atom is 0.335 e. The minimum absolute atomic E-state index is 0.200. The molecule has 2 aromatic rings. The van der Waals surface area contributed by atoms with E-state index in [-0.39, 0.29) is 24.7 Å². The fourth-order valence-electron chi connectivity index (χ4n) is 2.43. The molecular weight excluding hydrogens is 352 g/mol. The van der Waals surface area contributed by atoms with Gasteiger partial charge in [-0.2, -0.15) is 0 Å². The van der Waals surface area contributed by atoms with Gasteiger partial charge >= 0.3 is 12.0 Å². The molecule has 0 saturated carbocycles. The zero-order chi connectivity index (χ0) is 19.8. The molecule has 144 valence electrons. The highest BCUT2D eigenvalue weighted by molar-refractivity contribution is 5.87. The number of ether oxygens (including phenoxy) is 3. The zero-order valence-corrected chi connectivity index (χ0v) is 15.4. The first-order chi connectivity index (χ1) is 13.0. The van der Waals surface area contributed by atoms with Crippen LogP contribution in [-0.2, 0) is 13.1 Å². The van der Waals surface area contributed by atoms with E-state index >= 15 is 0 Å². The Bertz CT molecular complexity index is 779. The van der Waals surface area contributed by atoms with Crippen molar-refractivity contribution in [2.24, 2.45) is 0 Å². The molecule has 0 aromatic heterocycles. The number of rotatable bonds is 8. The van der Waals surface area contributed by atoms with Gasteiger partial charge in [0.2, 0.25) is 5.75 Å². The lowest BCUT2D eigenvalue weighted by molar-refractivity contribution is 0.0697. The second-order valence-corrected chi connectivity index (χ2v) is 5.57. The number of urea groups is 1. The maximum atomic E-state index is 12.0. The smallest absolute Gasteiger partial charge is 0.335 e. The normalized spacial score (nSPS) is 10.0. The minimum Gasteiger partial charge on any atom is -0.493 e. The van der Waals surface area contributed by atoms with Crippen LogP contribution in [0.3, 0.4) is 0 Å². The molecule has 0 fully saturated rings. The molecule has 2 rings (SSSR count). The second kappa shape index (κ2) is 9.33. The number of hydrogen-bond acceptors (Lipinski definition) is 5. The van der Waals surface area contributed by atoms with Crippen LogP contribution in [-0.4, -0.2) is 38.4 Å². The van der Waals surface area contributed by atoms with Crippen molar-refractivity contribution in [2.45, 2.75) is 13.1 Å². The number of carboxylic acids is 1. The van der Waals surface area contributed by atoms with Gasteiger partial charge in [-0.05, 0) is 35.4 Å². The fourth-order valence-corrected chi connectivity index (χ4v) is 2.43. The number of benzene rings is 2. The van der Waals surface area contributed by atoms with Gasteiger partial charge in [0.25, 0.3) is 0 Å². The summed E-state index contributed by atoms with van der Waals surface area (Å²) in [5.41, 5.74) is 1.78. The molecule has 0 heterocycles.